The number of aromatic hydroxyl groups is 1. The molecule has 3 aromatic carbocycles. The monoisotopic (exact) mass is 452 g/mol. The van der Waals surface area contributed by atoms with Gasteiger partial charge in [-0.2, -0.15) is 0 Å². The molecule has 30 heavy (non-hydrogen) atoms. The summed E-state index contributed by atoms with van der Waals surface area (Å²) in [6, 6.07) is 18.6. The van der Waals surface area contributed by atoms with E-state index in [1.807, 2.05) is 54.6 Å². The zero-order chi connectivity index (χ0) is 20.7. The van der Waals surface area contributed by atoms with Gasteiger partial charge in [0.15, 0.2) is 5.13 Å². The van der Waals surface area contributed by atoms with Gasteiger partial charge in [0.25, 0.3) is 0 Å². The highest BCUT2D eigenvalue weighted by Gasteiger charge is 2.27. The fraction of sp³-hybridized carbons (Fsp3) is 0.0455. The summed E-state index contributed by atoms with van der Waals surface area (Å²) in [6.07, 6.45) is 1.31. The average Bonchev–Trinajstić information content (AvgIpc) is 3.15. The Morgan fingerprint density at radius 2 is 1.60 bits per heavy atom. The zero-order valence-electron chi connectivity index (χ0n) is 15.4. The van der Waals surface area contributed by atoms with Crippen molar-refractivity contribution in [3.8, 4) is 5.75 Å². The summed E-state index contributed by atoms with van der Waals surface area (Å²) >= 11 is 14.4. The molecule has 1 atom stereocenters. The van der Waals surface area contributed by atoms with Gasteiger partial charge in [-0.25, -0.2) is 15.0 Å². The van der Waals surface area contributed by atoms with E-state index in [9.17, 15) is 5.11 Å². The van der Waals surface area contributed by atoms with Crippen LogP contribution in [0.2, 0.25) is 10.3 Å². The number of hydrogen-bond donors (Lipinski definition) is 2. The van der Waals surface area contributed by atoms with E-state index in [0.29, 0.717) is 16.3 Å². The second kappa shape index (κ2) is 7.72. The molecule has 1 unspecified atom stereocenters. The van der Waals surface area contributed by atoms with Crippen LogP contribution in [0.1, 0.15) is 17.2 Å². The molecule has 0 spiro atoms. The highest BCUT2D eigenvalue weighted by Crippen LogP contribution is 2.42. The van der Waals surface area contributed by atoms with Gasteiger partial charge in [0, 0.05) is 5.56 Å². The van der Waals surface area contributed by atoms with Crippen molar-refractivity contribution in [1.82, 2.24) is 15.0 Å². The molecule has 0 aliphatic carbocycles. The molecule has 2 N–H and O–H groups in total. The molecule has 0 amide bonds. The molecule has 0 saturated heterocycles. The maximum absolute atomic E-state index is 10.9. The summed E-state index contributed by atoms with van der Waals surface area (Å²) in [7, 11) is 0. The number of thiazole rings is 1. The van der Waals surface area contributed by atoms with Gasteiger partial charge in [0.2, 0.25) is 0 Å². The third-order valence-electron chi connectivity index (χ3n) is 4.87. The molecule has 5 nitrogen and oxygen atoms in total. The van der Waals surface area contributed by atoms with Crippen LogP contribution in [-0.2, 0) is 0 Å². The molecule has 2 heterocycles. The van der Waals surface area contributed by atoms with Crippen LogP contribution < -0.4 is 5.32 Å². The maximum Gasteiger partial charge on any atom is 0.184 e. The molecular weight excluding hydrogens is 439 g/mol. The highest BCUT2D eigenvalue weighted by molar-refractivity contribution is 7.22. The number of aromatic nitrogens is 3. The average molecular weight is 453 g/mol. The van der Waals surface area contributed by atoms with Gasteiger partial charge in [-0.05, 0) is 29.0 Å². The van der Waals surface area contributed by atoms with E-state index in [1.165, 1.54) is 17.7 Å². The molecule has 0 radical (unpaired) electrons. The Balaban J connectivity index is 1.74. The van der Waals surface area contributed by atoms with E-state index in [-0.39, 0.29) is 16.1 Å². The van der Waals surface area contributed by atoms with Crippen molar-refractivity contribution >= 4 is 60.7 Å². The minimum Gasteiger partial charge on any atom is -0.508 e. The maximum atomic E-state index is 10.9. The lowest BCUT2D eigenvalue weighted by molar-refractivity contribution is 0.468. The first-order valence-corrected chi connectivity index (χ1v) is 10.7. The molecule has 148 valence electrons. The molecule has 5 rings (SSSR count). The van der Waals surface area contributed by atoms with Crippen LogP contribution in [0.4, 0.5) is 5.13 Å². The molecular formula is C22H14Cl2N4OS. The van der Waals surface area contributed by atoms with Crippen LogP contribution in [0.3, 0.4) is 0 Å². The van der Waals surface area contributed by atoms with Gasteiger partial charge in [-0.1, -0.05) is 77.0 Å². The van der Waals surface area contributed by atoms with E-state index < -0.39 is 6.04 Å². The molecule has 8 heteroatoms. The van der Waals surface area contributed by atoms with E-state index >= 15 is 0 Å². The number of para-hydroxylation sites is 1. The Morgan fingerprint density at radius 1 is 0.867 bits per heavy atom. The standard InChI is InChI=1S/C22H14Cl2N4OS/c23-20-18(21(24)26-11-25-20)19(28-22-27-14-7-3-4-8-16(14)30-22)17-13-6-2-1-5-12(13)9-10-15(17)29/h1-11,19,29H,(H,27,28). The lowest BCUT2D eigenvalue weighted by Crippen LogP contribution is -2.15. The largest absolute Gasteiger partial charge is 0.508 e. The quantitative estimate of drug-likeness (QED) is 0.306. The van der Waals surface area contributed by atoms with Gasteiger partial charge in [-0.3, -0.25) is 0 Å². The topological polar surface area (TPSA) is 70.9 Å². The number of anilines is 1. The smallest absolute Gasteiger partial charge is 0.184 e. The predicted molar refractivity (Wildman–Crippen MR) is 123 cm³/mol. The third kappa shape index (κ3) is 3.33. The minimum absolute atomic E-state index is 0.114. The molecule has 2 aromatic heterocycles. The van der Waals surface area contributed by atoms with E-state index in [2.05, 4.69) is 20.3 Å². The normalized spacial score (nSPS) is 12.3. The van der Waals surface area contributed by atoms with Crippen molar-refractivity contribution in [2.75, 3.05) is 5.32 Å². The first kappa shape index (κ1) is 19.1. The lowest BCUT2D eigenvalue weighted by Gasteiger charge is -2.23. The molecule has 0 saturated carbocycles. The Bertz CT molecular complexity index is 1340. The molecule has 0 bridgehead atoms. The van der Waals surface area contributed by atoms with E-state index in [4.69, 9.17) is 23.2 Å². The summed E-state index contributed by atoms with van der Waals surface area (Å²) in [5.74, 6) is 0.114. The minimum atomic E-state index is -0.613. The van der Waals surface area contributed by atoms with Crippen LogP contribution in [0, 0.1) is 0 Å². The first-order valence-electron chi connectivity index (χ1n) is 9.10. The van der Waals surface area contributed by atoms with Gasteiger partial charge < -0.3 is 10.4 Å². The van der Waals surface area contributed by atoms with Gasteiger partial charge in [0.1, 0.15) is 22.4 Å². The van der Waals surface area contributed by atoms with Crippen molar-refractivity contribution < 1.29 is 5.11 Å². The number of phenols is 1. The fourth-order valence-electron chi connectivity index (χ4n) is 3.53. The van der Waals surface area contributed by atoms with Gasteiger partial charge >= 0.3 is 0 Å². The Labute approximate surface area is 186 Å². The Morgan fingerprint density at radius 3 is 2.40 bits per heavy atom. The van der Waals surface area contributed by atoms with Crippen LogP contribution in [0.15, 0.2) is 67.0 Å². The summed E-state index contributed by atoms with van der Waals surface area (Å²) in [5.41, 5.74) is 1.99. The fourth-order valence-corrected chi connectivity index (χ4v) is 4.95. The highest BCUT2D eigenvalue weighted by atomic mass is 35.5. The summed E-state index contributed by atoms with van der Waals surface area (Å²) in [6.45, 7) is 0. The number of rotatable bonds is 4. The predicted octanol–water partition coefficient (Wildman–Crippen LogP) is 6.45. The van der Waals surface area contributed by atoms with Gasteiger partial charge in [0.05, 0.1) is 21.8 Å². The second-order valence-corrected chi connectivity index (χ2v) is 8.40. The van der Waals surface area contributed by atoms with Crippen molar-refractivity contribution in [3.63, 3.8) is 0 Å². The van der Waals surface area contributed by atoms with Crippen LogP contribution >= 0.6 is 34.5 Å². The lowest BCUT2D eigenvalue weighted by atomic mass is 9.94. The molecule has 0 aliphatic heterocycles. The van der Waals surface area contributed by atoms with Crippen molar-refractivity contribution in [3.05, 3.63) is 88.4 Å². The van der Waals surface area contributed by atoms with Crippen molar-refractivity contribution in [2.24, 2.45) is 0 Å². The number of hydrogen-bond acceptors (Lipinski definition) is 6. The summed E-state index contributed by atoms with van der Waals surface area (Å²) < 4.78 is 1.04. The van der Waals surface area contributed by atoms with Crippen molar-refractivity contribution in [1.29, 1.82) is 0 Å². The number of benzene rings is 3. The van der Waals surface area contributed by atoms with E-state index in [0.717, 1.165) is 21.0 Å². The number of nitrogens with one attached hydrogen (secondary N) is 1. The number of phenolic OH excluding ortho intramolecular Hbond substituents is 1. The molecule has 0 fully saturated rings. The second-order valence-electron chi connectivity index (χ2n) is 6.65. The zero-order valence-corrected chi connectivity index (χ0v) is 17.7. The first-order chi connectivity index (χ1) is 14.6. The van der Waals surface area contributed by atoms with Gasteiger partial charge in [-0.15, -0.1) is 0 Å². The number of fused-ring (bicyclic) bond motifs is 2. The van der Waals surface area contributed by atoms with E-state index in [1.54, 1.807) is 6.07 Å². The Kier molecular flexibility index (Phi) is 4.90. The van der Waals surface area contributed by atoms with Crippen LogP contribution in [0.25, 0.3) is 21.0 Å². The van der Waals surface area contributed by atoms with Crippen molar-refractivity contribution in [2.45, 2.75) is 6.04 Å². The molecule has 0 aliphatic rings. The number of nitrogens with zero attached hydrogens (tertiary/aromatic N) is 3. The summed E-state index contributed by atoms with van der Waals surface area (Å²) in [4.78, 5) is 12.9. The molecule has 5 aromatic rings. The van der Waals surface area contributed by atoms with Crippen LogP contribution in [-0.4, -0.2) is 20.1 Å². The summed E-state index contributed by atoms with van der Waals surface area (Å²) in [5, 5.41) is 17.2. The van der Waals surface area contributed by atoms with Crippen LogP contribution in [0.5, 0.6) is 5.75 Å². The SMILES string of the molecule is Oc1ccc2ccccc2c1C(Nc1nc2ccccc2s1)c1c(Cl)ncnc1Cl. The number of halogens is 2. The Hall–Kier alpha value is -2.93. The third-order valence-corrected chi connectivity index (χ3v) is 6.44.